The summed E-state index contributed by atoms with van der Waals surface area (Å²) in [5.74, 6) is -1.83. The minimum absolute atomic E-state index is 0.290. The molecule has 0 aromatic heterocycles. The molecule has 1 N–H and O–H groups in total. The van der Waals surface area contributed by atoms with Gasteiger partial charge in [0.05, 0.1) is 0 Å². The summed E-state index contributed by atoms with van der Waals surface area (Å²) in [5.41, 5.74) is 0.589. The minimum Gasteiger partial charge on any atom is -0.477 e. The van der Waals surface area contributed by atoms with Gasteiger partial charge in [0.15, 0.2) is 14.7 Å². The van der Waals surface area contributed by atoms with Gasteiger partial charge in [0, 0.05) is 25.1 Å². The molecule has 1 aromatic carbocycles. The van der Waals surface area contributed by atoms with E-state index in [4.69, 9.17) is 5.11 Å². The molecular weight excluding hydrogens is 294 g/mol. The monoisotopic (exact) mass is 309 g/mol. The average molecular weight is 309 g/mol. The summed E-state index contributed by atoms with van der Waals surface area (Å²) in [7, 11) is -3.84. The Morgan fingerprint density at radius 2 is 1.76 bits per heavy atom. The number of nitrogens with zero attached hydrogens (tertiary/aromatic N) is 1. The predicted octanol–water partition coefficient (Wildman–Crippen LogP) is 1.57. The molecule has 0 unspecified atom stereocenters. The van der Waals surface area contributed by atoms with Gasteiger partial charge in [0.2, 0.25) is 5.91 Å². The second-order valence-electron chi connectivity index (χ2n) is 4.17. The molecule has 112 valence electrons. The highest BCUT2D eigenvalue weighted by molar-refractivity contribution is 7.95. The van der Waals surface area contributed by atoms with E-state index in [0.29, 0.717) is 5.69 Å². The summed E-state index contributed by atoms with van der Waals surface area (Å²) < 4.78 is 22.6. The van der Waals surface area contributed by atoms with Crippen LogP contribution in [0.3, 0.4) is 0 Å². The number of carbonyl (C=O) groups is 2. The lowest BCUT2D eigenvalue weighted by molar-refractivity contribution is -0.131. The maximum absolute atomic E-state index is 11.6. The number of benzene rings is 1. The van der Waals surface area contributed by atoms with Crippen LogP contribution >= 0.6 is 0 Å². The molecule has 21 heavy (non-hydrogen) atoms. The van der Waals surface area contributed by atoms with Crippen LogP contribution < -0.4 is 4.90 Å². The fourth-order valence-corrected chi connectivity index (χ4v) is 2.17. The quantitative estimate of drug-likeness (QED) is 0.658. The van der Waals surface area contributed by atoms with Crippen molar-refractivity contribution in [1.82, 2.24) is 0 Å². The molecule has 0 atom stereocenters. The zero-order valence-corrected chi connectivity index (χ0v) is 12.4. The Labute approximate surface area is 122 Å². The van der Waals surface area contributed by atoms with Gasteiger partial charge in [-0.1, -0.05) is 18.2 Å². The maximum Gasteiger partial charge on any atom is 0.347 e. The van der Waals surface area contributed by atoms with Crippen molar-refractivity contribution in [3.63, 3.8) is 0 Å². The van der Waals surface area contributed by atoms with Crippen LogP contribution in [0.1, 0.15) is 6.92 Å². The molecule has 6 nitrogen and oxygen atoms in total. The summed E-state index contributed by atoms with van der Waals surface area (Å²) in [6.45, 7) is 1.34. The van der Waals surface area contributed by atoms with E-state index >= 15 is 0 Å². The minimum atomic E-state index is -3.84. The first kappa shape index (κ1) is 16.6. The molecule has 0 saturated heterocycles. The number of hydrogen-bond donors (Lipinski definition) is 1. The molecule has 0 bridgehead atoms. The van der Waals surface area contributed by atoms with Crippen LogP contribution in [-0.4, -0.2) is 31.7 Å². The summed E-state index contributed by atoms with van der Waals surface area (Å²) in [4.78, 5) is 23.0. The third-order valence-corrected chi connectivity index (χ3v) is 3.58. The SMILES string of the molecule is CC(=O)N(C=CC=C(C(=O)O)S(C)(=O)=O)c1ccccc1. The molecule has 0 fully saturated rings. The van der Waals surface area contributed by atoms with Gasteiger partial charge < -0.3 is 5.11 Å². The summed E-state index contributed by atoms with van der Waals surface area (Å²) >= 11 is 0. The number of allylic oxidation sites excluding steroid dienone is 2. The normalized spacial score (nSPS) is 12.4. The number of carboxylic acids is 1. The fraction of sp³-hybridized carbons (Fsp3) is 0.143. The zero-order chi connectivity index (χ0) is 16.0. The van der Waals surface area contributed by atoms with E-state index in [1.54, 1.807) is 30.3 Å². The highest BCUT2D eigenvalue weighted by Gasteiger charge is 2.18. The third-order valence-electron chi connectivity index (χ3n) is 2.47. The van der Waals surface area contributed by atoms with Crippen LogP contribution in [0.4, 0.5) is 5.69 Å². The number of aliphatic carboxylic acids is 1. The maximum atomic E-state index is 11.6. The first-order chi connectivity index (χ1) is 9.73. The lowest BCUT2D eigenvalue weighted by Crippen LogP contribution is -2.21. The predicted molar refractivity (Wildman–Crippen MR) is 79.3 cm³/mol. The van der Waals surface area contributed by atoms with Crippen molar-refractivity contribution < 1.29 is 23.1 Å². The van der Waals surface area contributed by atoms with Gasteiger partial charge in [-0.05, 0) is 24.3 Å². The summed E-state index contributed by atoms with van der Waals surface area (Å²) in [5, 5.41) is 8.84. The van der Waals surface area contributed by atoms with E-state index in [0.717, 1.165) is 12.3 Å². The van der Waals surface area contributed by atoms with Crippen molar-refractivity contribution in [2.24, 2.45) is 0 Å². The zero-order valence-electron chi connectivity index (χ0n) is 11.6. The van der Waals surface area contributed by atoms with Gasteiger partial charge in [-0.2, -0.15) is 0 Å². The van der Waals surface area contributed by atoms with Crippen molar-refractivity contribution in [1.29, 1.82) is 0 Å². The van der Waals surface area contributed by atoms with Crippen molar-refractivity contribution in [2.75, 3.05) is 11.2 Å². The van der Waals surface area contributed by atoms with E-state index in [2.05, 4.69) is 0 Å². The lowest BCUT2D eigenvalue weighted by atomic mass is 10.3. The molecule has 0 spiro atoms. The van der Waals surface area contributed by atoms with Crippen molar-refractivity contribution in [2.45, 2.75) is 6.92 Å². The van der Waals surface area contributed by atoms with E-state index in [-0.39, 0.29) is 5.91 Å². The standard InChI is InChI=1S/C14H15NO5S/c1-11(16)15(12-7-4-3-5-8-12)10-6-9-13(14(17)18)21(2,19)20/h3-10H,1-2H3,(H,17,18). The largest absolute Gasteiger partial charge is 0.477 e. The number of carbonyl (C=O) groups excluding carboxylic acids is 1. The van der Waals surface area contributed by atoms with Gasteiger partial charge in [-0.25, -0.2) is 13.2 Å². The Morgan fingerprint density at radius 1 is 1.19 bits per heavy atom. The highest BCUT2D eigenvalue weighted by atomic mass is 32.2. The number of anilines is 1. The topological polar surface area (TPSA) is 91.8 Å². The number of sulfone groups is 1. The molecule has 7 heteroatoms. The Bertz CT molecular complexity index is 689. The van der Waals surface area contributed by atoms with Gasteiger partial charge in [0.25, 0.3) is 0 Å². The number of amides is 1. The van der Waals surface area contributed by atoms with Crippen LogP contribution in [0, 0.1) is 0 Å². The van der Waals surface area contributed by atoms with Crippen molar-refractivity contribution in [3.8, 4) is 0 Å². The van der Waals surface area contributed by atoms with E-state index in [9.17, 15) is 18.0 Å². The molecule has 0 radical (unpaired) electrons. The number of hydrogen-bond acceptors (Lipinski definition) is 4. The van der Waals surface area contributed by atoms with Gasteiger partial charge in [-0.3, -0.25) is 9.69 Å². The fourth-order valence-electron chi connectivity index (χ4n) is 1.53. The van der Waals surface area contributed by atoms with Crippen molar-refractivity contribution >= 4 is 27.4 Å². The molecule has 0 aliphatic rings. The molecule has 1 aromatic rings. The Kier molecular flexibility index (Phi) is 5.43. The lowest BCUT2D eigenvalue weighted by Gasteiger charge is -2.15. The smallest absolute Gasteiger partial charge is 0.347 e. The van der Waals surface area contributed by atoms with E-state index in [1.807, 2.05) is 0 Å². The second-order valence-corrected chi connectivity index (χ2v) is 6.16. The van der Waals surface area contributed by atoms with Crippen LogP contribution in [0.15, 0.2) is 53.6 Å². The Balaban J connectivity index is 3.11. The van der Waals surface area contributed by atoms with E-state index in [1.165, 1.54) is 24.1 Å². The molecule has 1 rings (SSSR count). The number of para-hydroxylation sites is 1. The van der Waals surface area contributed by atoms with Crippen LogP contribution in [-0.2, 0) is 19.4 Å². The molecule has 0 heterocycles. The summed E-state index contributed by atoms with van der Waals surface area (Å²) in [6, 6.07) is 8.67. The van der Waals surface area contributed by atoms with Crippen molar-refractivity contribution in [3.05, 3.63) is 53.6 Å². The number of carboxylic acid groups (broad SMARTS) is 1. The molecule has 1 amide bonds. The van der Waals surface area contributed by atoms with E-state index < -0.39 is 20.7 Å². The second kappa shape index (κ2) is 6.85. The molecule has 0 saturated carbocycles. The van der Waals surface area contributed by atoms with Gasteiger partial charge in [-0.15, -0.1) is 0 Å². The van der Waals surface area contributed by atoms with Crippen LogP contribution in [0.2, 0.25) is 0 Å². The molecule has 0 aliphatic carbocycles. The summed E-state index contributed by atoms with van der Waals surface area (Å²) in [6.07, 6.45) is 4.27. The highest BCUT2D eigenvalue weighted by Crippen LogP contribution is 2.14. The first-order valence-corrected chi connectivity index (χ1v) is 7.79. The van der Waals surface area contributed by atoms with Crippen LogP contribution in [0.5, 0.6) is 0 Å². The molecule has 0 aliphatic heterocycles. The van der Waals surface area contributed by atoms with Gasteiger partial charge >= 0.3 is 5.97 Å². The van der Waals surface area contributed by atoms with Crippen LogP contribution in [0.25, 0.3) is 0 Å². The van der Waals surface area contributed by atoms with Gasteiger partial charge in [0.1, 0.15) is 0 Å². The first-order valence-electron chi connectivity index (χ1n) is 5.90. The Hall–Kier alpha value is -2.41. The molecular formula is C14H15NO5S. The Morgan fingerprint density at radius 3 is 2.19 bits per heavy atom. The number of rotatable bonds is 5. The third kappa shape index (κ3) is 4.88. The average Bonchev–Trinajstić information content (AvgIpc) is 2.37.